The normalized spacial score (nSPS) is 14.4. The zero-order chi connectivity index (χ0) is 23.4. The van der Waals surface area contributed by atoms with Crippen LogP contribution in [0.1, 0.15) is 53.9 Å². The highest BCUT2D eigenvalue weighted by Crippen LogP contribution is 2.36. The van der Waals surface area contributed by atoms with Crippen LogP contribution in [0.25, 0.3) is 22.6 Å². The molecule has 0 aliphatic heterocycles. The number of allylic oxidation sites excluding steroid dienone is 1. The molecule has 0 unspecified atom stereocenters. The van der Waals surface area contributed by atoms with Crippen LogP contribution in [0.2, 0.25) is 0 Å². The zero-order valence-corrected chi connectivity index (χ0v) is 18.9. The van der Waals surface area contributed by atoms with Crippen molar-refractivity contribution in [2.45, 2.75) is 33.1 Å². The molecule has 0 saturated carbocycles. The molecular formula is C27H27FN2O3. The Morgan fingerprint density at radius 2 is 1.88 bits per heavy atom. The van der Waals surface area contributed by atoms with E-state index in [1.54, 1.807) is 12.1 Å². The molecule has 2 aromatic carbocycles. The predicted molar refractivity (Wildman–Crippen MR) is 127 cm³/mol. The monoisotopic (exact) mass is 446 g/mol. The van der Waals surface area contributed by atoms with Crippen LogP contribution in [0.5, 0.6) is 0 Å². The highest BCUT2D eigenvalue weighted by Gasteiger charge is 2.26. The Bertz CT molecular complexity index is 1220. The number of hydrogen-bond acceptors (Lipinski definition) is 4. The third kappa shape index (κ3) is 5.28. The van der Waals surface area contributed by atoms with Gasteiger partial charge in [0.1, 0.15) is 5.82 Å². The van der Waals surface area contributed by atoms with E-state index in [0.717, 1.165) is 35.2 Å². The largest absolute Gasteiger partial charge is 0.452 e. The molecule has 6 heteroatoms. The van der Waals surface area contributed by atoms with Gasteiger partial charge in [-0.3, -0.25) is 4.79 Å². The number of benzene rings is 2. The van der Waals surface area contributed by atoms with E-state index in [0.29, 0.717) is 35.3 Å². The minimum absolute atomic E-state index is 0.284. The number of hydrogen-bond donors (Lipinski definition) is 1. The third-order valence-electron chi connectivity index (χ3n) is 5.63. The van der Waals surface area contributed by atoms with E-state index in [9.17, 15) is 14.0 Å². The van der Waals surface area contributed by atoms with Gasteiger partial charge >= 0.3 is 5.97 Å². The standard InChI is InChI=1S/C27H27FN2O3/c1-17(2)15-29-24(31)16-33-27(32)25-21-7-3-4-9-23(21)30-26-19(6-5-8-22(25)26)14-18-10-12-20(28)13-11-18/h3-4,7,9-14,17H,5-6,8,15-16H2,1-2H3,(H,29,31)/b19-14+. The van der Waals surface area contributed by atoms with Gasteiger partial charge in [-0.05, 0) is 66.2 Å². The van der Waals surface area contributed by atoms with E-state index in [-0.39, 0.29) is 18.3 Å². The van der Waals surface area contributed by atoms with Gasteiger partial charge in [0.2, 0.25) is 0 Å². The van der Waals surface area contributed by atoms with Crippen molar-refractivity contribution >= 4 is 34.4 Å². The van der Waals surface area contributed by atoms with E-state index in [2.05, 4.69) is 5.32 Å². The van der Waals surface area contributed by atoms with E-state index in [4.69, 9.17) is 9.72 Å². The maximum atomic E-state index is 13.3. The summed E-state index contributed by atoms with van der Waals surface area (Å²) in [5.74, 6) is -0.811. The molecule has 4 rings (SSSR count). The first-order valence-corrected chi connectivity index (χ1v) is 11.2. The van der Waals surface area contributed by atoms with Gasteiger partial charge in [0.15, 0.2) is 6.61 Å². The fourth-order valence-corrected chi connectivity index (χ4v) is 4.04. The molecule has 1 aliphatic rings. The number of ether oxygens (including phenoxy) is 1. The van der Waals surface area contributed by atoms with Crippen molar-refractivity contribution in [2.24, 2.45) is 5.92 Å². The van der Waals surface area contributed by atoms with Gasteiger partial charge in [-0.15, -0.1) is 0 Å². The first-order chi connectivity index (χ1) is 15.9. The number of fused-ring (bicyclic) bond motifs is 2. The Kier molecular flexibility index (Phi) is 6.82. The Balaban J connectivity index is 1.70. The Morgan fingerprint density at radius 1 is 1.12 bits per heavy atom. The lowest BCUT2D eigenvalue weighted by molar-refractivity contribution is -0.124. The van der Waals surface area contributed by atoms with Crippen molar-refractivity contribution in [3.63, 3.8) is 0 Å². The SMILES string of the molecule is CC(C)CNC(=O)COC(=O)c1c2c(nc3ccccc13)/C(=C/c1ccc(F)cc1)CCC2. The molecule has 1 aliphatic carbocycles. The van der Waals surface area contributed by atoms with Gasteiger partial charge < -0.3 is 10.1 Å². The summed E-state index contributed by atoms with van der Waals surface area (Å²) in [5, 5.41) is 3.48. The first-order valence-electron chi connectivity index (χ1n) is 11.2. The fourth-order valence-electron chi connectivity index (χ4n) is 4.04. The van der Waals surface area contributed by atoms with Crippen LogP contribution < -0.4 is 5.32 Å². The number of halogens is 1. The number of amides is 1. The molecule has 1 amide bonds. The lowest BCUT2D eigenvalue weighted by atomic mass is 9.86. The Morgan fingerprint density at radius 3 is 2.64 bits per heavy atom. The van der Waals surface area contributed by atoms with Crippen LogP contribution in [0.3, 0.4) is 0 Å². The summed E-state index contributed by atoms with van der Waals surface area (Å²) in [6, 6.07) is 13.8. The van der Waals surface area contributed by atoms with Crippen molar-refractivity contribution in [2.75, 3.05) is 13.2 Å². The van der Waals surface area contributed by atoms with Crippen LogP contribution >= 0.6 is 0 Å². The number of nitrogens with one attached hydrogen (secondary N) is 1. The van der Waals surface area contributed by atoms with Crippen LogP contribution in [0.15, 0.2) is 48.5 Å². The molecule has 1 heterocycles. The number of carbonyl (C=O) groups is 2. The quantitative estimate of drug-likeness (QED) is 0.530. The molecule has 0 fully saturated rings. The number of para-hydroxylation sites is 1. The zero-order valence-electron chi connectivity index (χ0n) is 18.9. The molecular weight excluding hydrogens is 419 g/mol. The number of esters is 1. The number of aromatic nitrogens is 1. The topological polar surface area (TPSA) is 68.3 Å². The number of carbonyl (C=O) groups excluding carboxylic acids is 2. The van der Waals surface area contributed by atoms with Crippen molar-refractivity contribution in [3.8, 4) is 0 Å². The molecule has 0 bridgehead atoms. The average molecular weight is 447 g/mol. The maximum Gasteiger partial charge on any atom is 0.339 e. The summed E-state index contributed by atoms with van der Waals surface area (Å²) in [5.41, 5.74) is 4.63. The van der Waals surface area contributed by atoms with E-state index in [1.165, 1.54) is 12.1 Å². The van der Waals surface area contributed by atoms with Gasteiger partial charge in [0.25, 0.3) is 5.91 Å². The summed E-state index contributed by atoms with van der Waals surface area (Å²) in [6.45, 7) is 4.20. The van der Waals surface area contributed by atoms with Crippen molar-refractivity contribution in [1.29, 1.82) is 0 Å². The van der Waals surface area contributed by atoms with Gasteiger partial charge in [0.05, 0.1) is 16.8 Å². The van der Waals surface area contributed by atoms with Crippen molar-refractivity contribution in [3.05, 3.63) is 76.7 Å². The number of rotatable bonds is 6. The van der Waals surface area contributed by atoms with E-state index < -0.39 is 5.97 Å². The summed E-state index contributed by atoms with van der Waals surface area (Å²) >= 11 is 0. The Hall–Kier alpha value is -3.54. The molecule has 1 aromatic heterocycles. The lowest BCUT2D eigenvalue weighted by Crippen LogP contribution is -2.31. The van der Waals surface area contributed by atoms with Gasteiger partial charge in [-0.1, -0.05) is 44.2 Å². The van der Waals surface area contributed by atoms with Crippen LogP contribution in [-0.4, -0.2) is 30.0 Å². The van der Waals surface area contributed by atoms with E-state index >= 15 is 0 Å². The number of nitrogens with zero attached hydrogens (tertiary/aromatic N) is 1. The molecule has 0 spiro atoms. The van der Waals surface area contributed by atoms with Gasteiger partial charge in [-0.25, -0.2) is 14.2 Å². The maximum absolute atomic E-state index is 13.3. The van der Waals surface area contributed by atoms with Gasteiger partial charge in [0, 0.05) is 11.9 Å². The number of pyridine rings is 1. The summed E-state index contributed by atoms with van der Waals surface area (Å²) in [4.78, 5) is 30.1. The molecule has 0 radical (unpaired) electrons. The molecule has 1 N–H and O–H groups in total. The molecule has 170 valence electrons. The van der Waals surface area contributed by atoms with Gasteiger partial charge in [-0.2, -0.15) is 0 Å². The summed E-state index contributed by atoms with van der Waals surface area (Å²) in [6.07, 6.45) is 4.35. The summed E-state index contributed by atoms with van der Waals surface area (Å²) < 4.78 is 18.7. The van der Waals surface area contributed by atoms with Crippen molar-refractivity contribution < 1.29 is 18.7 Å². The average Bonchev–Trinajstić information content (AvgIpc) is 2.81. The smallest absolute Gasteiger partial charge is 0.339 e. The molecule has 33 heavy (non-hydrogen) atoms. The molecule has 0 atom stereocenters. The summed E-state index contributed by atoms with van der Waals surface area (Å²) in [7, 11) is 0. The second kappa shape index (κ2) is 9.94. The minimum Gasteiger partial charge on any atom is -0.452 e. The highest BCUT2D eigenvalue weighted by molar-refractivity contribution is 6.07. The van der Waals surface area contributed by atoms with Crippen LogP contribution in [-0.2, 0) is 16.0 Å². The minimum atomic E-state index is -0.521. The second-order valence-electron chi connectivity index (χ2n) is 8.68. The first kappa shape index (κ1) is 22.6. The van der Waals surface area contributed by atoms with Crippen molar-refractivity contribution in [1.82, 2.24) is 10.3 Å². The fraction of sp³-hybridized carbons (Fsp3) is 0.296. The molecule has 0 saturated heterocycles. The highest BCUT2D eigenvalue weighted by atomic mass is 19.1. The molecule has 5 nitrogen and oxygen atoms in total. The molecule has 3 aromatic rings. The Labute approximate surface area is 192 Å². The third-order valence-corrected chi connectivity index (χ3v) is 5.63. The van der Waals surface area contributed by atoms with Crippen LogP contribution in [0.4, 0.5) is 4.39 Å². The predicted octanol–water partition coefficient (Wildman–Crippen LogP) is 5.18. The van der Waals surface area contributed by atoms with E-state index in [1.807, 2.05) is 44.2 Å². The van der Waals surface area contributed by atoms with Crippen LogP contribution in [0, 0.1) is 11.7 Å². The lowest BCUT2D eigenvalue weighted by Gasteiger charge is -2.22. The second-order valence-corrected chi connectivity index (χ2v) is 8.68.